The molecule has 1 aromatic carbocycles. The highest BCUT2D eigenvalue weighted by Crippen LogP contribution is 2.21. The third-order valence-electron chi connectivity index (χ3n) is 4.78. The summed E-state index contributed by atoms with van der Waals surface area (Å²) in [6.45, 7) is 2.57. The Hall–Kier alpha value is -2.52. The zero-order valence-corrected chi connectivity index (χ0v) is 16.5. The summed E-state index contributed by atoms with van der Waals surface area (Å²) in [7, 11) is 1.09. The first kappa shape index (κ1) is 19.2. The molecular formula is C18H24N4O4S. The molecule has 0 radical (unpaired) electrons. The molecular weight excluding hydrogens is 368 g/mol. The molecule has 3 rings (SSSR count). The van der Waals surface area contributed by atoms with Gasteiger partial charge in [-0.15, -0.1) is 0 Å². The lowest BCUT2D eigenvalue weighted by Gasteiger charge is -2.36. The van der Waals surface area contributed by atoms with Crippen LogP contribution in [0.2, 0.25) is 0 Å². The van der Waals surface area contributed by atoms with Gasteiger partial charge in [-0.25, -0.2) is 13.1 Å². The molecule has 2 aromatic rings. The van der Waals surface area contributed by atoms with Gasteiger partial charge in [0.1, 0.15) is 16.3 Å². The first-order valence-electron chi connectivity index (χ1n) is 8.64. The maximum Gasteiger partial charge on any atom is 0.270 e. The number of nitrogens with zero attached hydrogens (tertiary/aromatic N) is 3. The van der Waals surface area contributed by atoms with Crippen molar-refractivity contribution in [2.45, 2.75) is 4.90 Å². The molecule has 0 atom stereocenters. The Labute approximate surface area is 159 Å². The second-order valence-corrected chi connectivity index (χ2v) is 8.24. The SMILES string of the molecule is CNS(=O)(=O)c1cc(C(=O)N2CCN(c3ccc(OC)cc3)CC2)n(C)c1. The van der Waals surface area contributed by atoms with Crippen molar-refractivity contribution in [1.82, 2.24) is 14.2 Å². The van der Waals surface area contributed by atoms with E-state index in [-0.39, 0.29) is 10.8 Å². The summed E-state index contributed by atoms with van der Waals surface area (Å²) in [6, 6.07) is 9.26. The average molecular weight is 392 g/mol. The van der Waals surface area contributed by atoms with E-state index < -0.39 is 10.0 Å². The number of amides is 1. The van der Waals surface area contributed by atoms with E-state index >= 15 is 0 Å². The van der Waals surface area contributed by atoms with Gasteiger partial charge in [0.2, 0.25) is 10.0 Å². The standard InChI is InChI=1S/C18H24N4O4S/c1-19-27(24,25)16-12-17(20(2)13-16)18(23)22-10-8-21(9-11-22)14-4-6-15(26-3)7-5-14/h4-7,12-13,19H,8-11H2,1-3H3. The molecule has 27 heavy (non-hydrogen) atoms. The number of aryl methyl sites for hydroxylation is 1. The lowest BCUT2D eigenvalue weighted by atomic mass is 10.2. The lowest BCUT2D eigenvalue weighted by Crippen LogP contribution is -2.49. The van der Waals surface area contributed by atoms with Gasteiger partial charge in [0, 0.05) is 45.1 Å². The molecule has 0 unspecified atom stereocenters. The van der Waals surface area contributed by atoms with Crippen molar-refractivity contribution in [3.8, 4) is 5.75 Å². The fourth-order valence-corrected chi connectivity index (χ4v) is 3.93. The molecule has 146 valence electrons. The van der Waals surface area contributed by atoms with E-state index in [0.717, 1.165) is 11.4 Å². The van der Waals surface area contributed by atoms with E-state index in [1.54, 1.807) is 23.6 Å². The summed E-state index contributed by atoms with van der Waals surface area (Å²) in [5, 5.41) is 0. The number of methoxy groups -OCH3 is 1. The van der Waals surface area contributed by atoms with Gasteiger partial charge in [0.25, 0.3) is 5.91 Å². The third-order valence-corrected chi connectivity index (χ3v) is 6.16. The van der Waals surface area contributed by atoms with Crippen LogP contribution < -0.4 is 14.4 Å². The number of hydrogen-bond acceptors (Lipinski definition) is 5. The van der Waals surface area contributed by atoms with Gasteiger partial charge in [0.15, 0.2) is 0 Å². The lowest BCUT2D eigenvalue weighted by molar-refractivity contribution is 0.0737. The number of ether oxygens (including phenoxy) is 1. The molecule has 2 heterocycles. The minimum atomic E-state index is -3.57. The monoisotopic (exact) mass is 392 g/mol. The van der Waals surface area contributed by atoms with E-state index in [1.165, 1.54) is 19.3 Å². The number of nitrogens with one attached hydrogen (secondary N) is 1. The van der Waals surface area contributed by atoms with Crippen LogP contribution in [-0.2, 0) is 17.1 Å². The van der Waals surface area contributed by atoms with Crippen LogP contribution in [0.25, 0.3) is 0 Å². The molecule has 1 aliphatic rings. The Bertz CT molecular complexity index is 913. The summed E-state index contributed by atoms with van der Waals surface area (Å²) in [5.74, 6) is 0.646. The molecule has 0 spiro atoms. The van der Waals surface area contributed by atoms with E-state index in [0.29, 0.717) is 31.9 Å². The smallest absolute Gasteiger partial charge is 0.270 e. The van der Waals surface area contributed by atoms with Gasteiger partial charge in [-0.05, 0) is 37.4 Å². The van der Waals surface area contributed by atoms with Gasteiger partial charge in [-0.2, -0.15) is 0 Å². The van der Waals surface area contributed by atoms with Crippen LogP contribution >= 0.6 is 0 Å². The number of benzene rings is 1. The van der Waals surface area contributed by atoms with Crippen molar-refractivity contribution >= 4 is 21.6 Å². The summed E-state index contributed by atoms with van der Waals surface area (Å²) in [6.07, 6.45) is 1.45. The van der Waals surface area contributed by atoms with Crippen LogP contribution in [0.1, 0.15) is 10.5 Å². The van der Waals surface area contributed by atoms with Gasteiger partial charge in [0.05, 0.1) is 7.11 Å². The van der Waals surface area contributed by atoms with Crippen LogP contribution in [0.3, 0.4) is 0 Å². The van der Waals surface area contributed by atoms with Gasteiger partial charge < -0.3 is 19.1 Å². The molecule has 1 fully saturated rings. The molecule has 1 aliphatic heterocycles. The second-order valence-electron chi connectivity index (χ2n) is 6.36. The van der Waals surface area contributed by atoms with E-state index in [4.69, 9.17) is 4.74 Å². The van der Waals surface area contributed by atoms with Crippen LogP contribution in [0.15, 0.2) is 41.4 Å². The molecule has 0 aliphatic carbocycles. The van der Waals surface area contributed by atoms with Crippen molar-refractivity contribution < 1.29 is 17.9 Å². The maximum atomic E-state index is 12.8. The van der Waals surface area contributed by atoms with Crippen molar-refractivity contribution in [3.63, 3.8) is 0 Å². The molecule has 1 amide bonds. The van der Waals surface area contributed by atoms with Crippen LogP contribution in [-0.4, -0.2) is 64.1 Å². The highest BCUT2D eigenvalue weighted by molar-refractivity contribution is 7.89. The molecule has 8 nitrogen and oxygen atoms in total. The topological polar surface area (TPSA) is 83.9 Å². The predicted octanol–water partition coefficient (Wildman–Crippen LogP) is 0.904. The number of aromatic nitrogens is 1. The molecule has 1 aromatic heterocycles. The number of carbonyl (C=O) groups is 1. The number of sulfonamides is 1. The number of hydrogen-bond donors (Lipinski definition) is 1. The molecule has 0 bridgehead atoms. The van der Waals surface area contributed by atoms with Crippen molar-refractivity contribution in [3.05, 3.63) is 42.2 Å². The summed E-state index contributed by atoms with van der Waals surface area (Å²) >= 11 is 0. The number of rotatable bonds is 5. The second kappa shape index (κ2) is 7.61. The van der Waals surface area contributed by atoms with E-state index in [2.05, 4.69) is 9.62 Å². The van der Waals surface area contributed by atoms with Crippen molar-refractivity contribution in [2.24, 2.45) is 7.05 Å². The molecule has 1 saturated heterocycles. The number of anilines is 1. The molecule has 0 saturated carbocycles. The van der Waals surface area contributed by atoms with Gasteiger partial charge >= 0.3 is 0 Å². The van der Waals surface area contributed by atoms with E-state index in [1.807, 2.05) is 24.3 Å². The first-order valence-corrected chi connectivity index (χ1v) is 10.1. The largest absolute Gasteiger partial charge is 0.497 e. The Kier molecular flexibility index (Phi) is 5.43. The van der Waals surface area contributed by atoms with Crippen LogP contribution in [0, 0.1) is 0 Å². The first-order chi connectivity index (χ1) is 12.9. The minimum absolute atomic E-state index is 0.0905. The minimum Gasteiger partial charge on any atom is -0.497 e. The van der Waals surface area contributed by atoms with Crippen molar-refractivity contribution in [1.29, 1.82) is 0 Å². The predicted molar refractivity (Wildman–Crippen MR) is 103 cm³/mol. The Balaban J connectivity index is 1.68. The fourth-order valence-electron chi connectivity index (χ4n) is 3.13. The Morgan fingerprint density at radius 1 is 1.11 bits per heavy atom. The van der Waals surface area contributed by atoms with E-state index in [9.17, 15) is 13.2 Å². The quantitative estimate of drug-likeness (QED) is 0.818. The Morgan fingerprint density at radius 2 is 1.74 bits per heavy atom. The van der Waals surface area contributed by atoms with Gasteiger partial charge in [-0.1, -0.05) is 0 Å². The zero-order chi connectivity index (χ0) is 19.6. The maximum absolute atomic E-state index is 12.8. The number of carbonyl (C=O) groups excluding carboxylic acids is 1. The summed E-state index contributed by atoms with van der Waals surface area (Å²) < 4.78 is 32.9. The zero-order valence-electron chi connectivity index (χ0n) is 15.7. The summed E-state index contributed by atoms with van der Waals surface area (Å²) in [4.78, 5) is 16.9. The highest BCUT2D eigenvalue weighted by atomic mass is 32.2. The van der Waals surface area contributed by atoms with Crippen molar-refractivity contribution in [2.75, 3.05) is 45.2 Å². The normalized spacial score (nSPS) is 15.1. The molecule has 1 N–H and O–H groups in total. The van der Waals surface area contributed by atoms with Gasteiger partial charge in [-0.3, -0.25) is 4.79 Å². The number of piperazine rings is 1. The highest BCUT2D eigenvalue weighted by Gasteiger charge is 2.26. The molecule has 9 heteroatoms. The van der Waals surface area contributed by atoms with Crippen LogP contribution in [0.4, 0.5) is 5.69 Å². The summed E-state index contributed by atoms with van der Waals surface area (Å²) in [5.41, 5.74) is 1.45. The fraction of sp³-hybridized carbons (Fsp3) is 0.389. The third kappa shape index (κ3) is 3.93. The average Bonchev–Trinajstić information content (AvgIpc) is 3.10. The van der Waals surface area contributed by atoms with Crippen LogP contribution in [0.5, 0.6) is 5.75 Å². The Morgan fingerprint density at radius 3 is 2.30 bits per heavy atom.